The van der Waals surface area contributed by atoms with Gasteiger partial charge in [0.2, 0.25) is 0 Å². The third-order valence-corrected chi connectivity index (χ3v) is 3.37. The van der Waals surface area contributed by atoms with E-state index in [1.54, 1.807) is 7.05 Å². The molecule has 0 aliphatic rings. The summed E-state index contributed by atoms with van der Waals surface area (Å²) in [6.45, 7) is 1.73. The summed E-state index contributed by atoms with van der Waals surface area (Å²) in [6, 6.07) is 0. The summed E-state index contributed by atoms with van der Waals surface area (Å²) in [7, 11) is 3.09. The van der Waals surface area contributed by atoms with Gasteiger partial charge >= 0.3 is 5.69 Å². The average molecular weight is 283 g/mol. The molecule has 6 nitrogen and oxygen atoms in total. The number of unbranched alkanes of at least 4 members (excludes halogenated alkanes) is 1. The zero-order valence-corrected chi connectivity index (χ0v) is 11.9. The highest BCUT2D eigenvalue weighted by Crippen LogP contribution is 2.06. The second-order valence-corrected chi connectivity index (χ2v) is 5.02. The van der Waals surface area contributed by atoms with Crippen LogP contribution in [0.2, 0.25) is 0 Å². The van der Waals surface area contributed by atoms with Crippen molar-refractivity contribution >= 4 is 11.2 Å². The van der Waals surface area contributed by atoms with Gasteiger partial charge in [-0.1, -0.05) is 0 Å². The molecule has 2 aromatic rings. The Balaban J connectivity index is 2.43. The number of hydrogen-bond acceptors (Lipinski definition) is 3. The molecule has 0 aliphatic carbocycles. The maximum atomic E-state index is 12.7. The van der Waals surface area contributed by atoms with Gasteiger partial charge in [0.05, 0.1) is 12.5 Å². The van der Waals surface area contributed by atoms with Gasteiger partial charge in [-0.25, -0.2) is 14.2 Å². The molecular formula is C13H19FN4O2. The highest BCUT2D eigenvalue weighted by atomic mass is 19.1. The first-order chi connectivity index (χ1) is 9.84. The van der Waals surface area contributed by atoms with Crippen LogP contribution in [0, 0.1) is 0 Å². The van der Waals surface area contributed by atoms with Crippen LogP contribution in [0.4, 0.5) is 4.39 Å². The molecule has 0 unspecified atom stereocenters. The van der Waals surface area contributed by atoms with E-state index in [0.717, 1.165) is 4.57 Å². The fraction of sp³-hybridized carbons (Fsp3) is 0.615. The molecule has 20 heavy (non-hydrogen) atoms. The SMILES string of the molecule is [2H]c1nc2c(c(=O)n(CCCC[C@@H](C)F)c(=O)n2C)n1C. The molecule has 0 aromatic carbocycles. The van der Waals surface area contributed by atoms with E-state index in [0.29, 0.717) is 19.3 Å². The molecule has 0 spiro atoms. The molecule has 2 rings (SSSR count). The van der Waals surface area contributed by atoms with Gasteiger partial charge in [-0.3, -0.25) is 13.9 Å². The number of hydrogen-bond donors (Lipinski definition) is 0. The lowest BCUT2D eigenvalue weighted by molar-refractivity contribution is 0.328. The van der Waals surface area contributed by atoms with Gasteiger partial charge in [0.25, 0.3) is 5.56 Å². The van der Waals surface area contributed by atoms with Gasteiger partial charge in [0.15, 0.2) is 11.2 Å². The molecule has 0 amide bonds. The minimum Gasteiger partial charge on any atom is -0.328 e. The van der Waals surface area contributed by atoms with E-state index >= 15 is 0 Å². The Morgan fingerprint density at radius 2 is 2.10 bits per heavy atom. The van der Waals surface area contributed by atoms with Crippen molar-refractivity contribution in [3.63, 3.8) is 0 Å². The fourth-order valence-electron chi connectivity index (χ4n) is 2.23. The summed E-state index contributed by atoms with van der Waals surface area (Å²) >= 11 is 0. The number of halogens is 1. The number of aryl methyl sites for hydroxylation is 2. The first-order valence-corrected chi connectivity index (χ1v) is 6.61. The Morgan fingerprint density at radius 3 is 2.75 bits per heavy atom. The molecule has 2 aromatic heterocycles. The van der Waals surface area contributed by atoms with Crippen LogP contribution in [0.1, 0.15) is 27.6 Å². The summed E-state index contributed by atoms with van der Waals surface area (Å²) in [4.78, 5) is 28.5. The van der Waals surface area contributed by atoms with Crippen LogP contribution in [-0.2, 0) is 20.6 Å². The third kappa shape index (κ3) is 2.52. The summed E-state index contributed by atoms with van der Waals surface area (Å²) in [5.74, 6) is 0. The largest absolute Gasteiger partial charge is 0.332 e. The molecule has 110 valence electrons. The Morgan fingerprint density at radius 1 is 1.40 bits per heavy atom. The molecule has 0 fully saturated rings. The number of aromatic nitrogens is 4. The number of imidazole rings is 1. The van der Waals surface area contributed by atoms with E-state index in [1.807, 2.05) is 0 Å². The highest BCUT2D eigenvalue weighted by molar-refractivity contribution is 5.69. The van der Waals surface area contributed by atoms with Crippen LogP contribution in [0.15, 0.2) is 15.9 Å². The van der Waals surface area contributed by atoms with Gasteiger partial charge in [-0.05, 0) is 26.2 Å². The second-order valence-electron chi connectivity index (χ2n) is 5.02. The number of alkyl halides is 1. The summed E-state index contributed by atoms with van der Waals surface area (Å²) in [5.41, 5.74) is -0.458. The average Bonchev–Trinajstić information content (AvgIpc) is 2.71. The zero-order valence-electron chi connectivity index (χ0n) is 12.9. The molecule has 0 radical (unpaired) electrons. The summed E-state index contributed by atoms with van der Waals surface area (Å²) in [5, 5.41) is 0. The molecule has 0 saturated heterocycles. The lowest BCUT2D eigenvalue weighted by Crippen LogP contribution is -2.39. The zero-order chi connectivity index (χ0) is 15.7. The minimum absolute atomic E-state index is 0.0684. The summed E-state index contributed by atoms with van der Waals surface area (Å²) in [6.07, 6.45) is 0.636. The van der Waals surface area contributed by atoms with Crippen LogP contribution < -0.4 is 11.2 Å². The van der Waals surface area contributed by atoms with Crippen LogP contribution in [-0.4, -0.2) is 24.9 Å². The molecule has 0 bridgehead atoms. The highest BCUT2D eigenvalue weighted by Gasteiger charge is 2.14. The van der Waals surface area contributed by atoms with E-state index in [4.69, 9.17) is 1.37 Å². The first kappa shape index (κ1) is 13.1. The van der Waals surface area contributed by atoms with E-state index < -0.39 is 17.4 Å². The van der Waals surface area contributed by atoms with Crippen LogP contribution >= 0.6 is 0 Å². The van der Waals surface area contributed by atoms with Crippen molar-refractivity contribution in [3.8, 4) is 0 Å². The first-order valence-electron chi connectivity index (χ1n) is 7.11. The predicted octanol–water partition coefficient (Wildman–Crippen LogP) is 0.962. The third-order valence-electron chi connectivity index (χ3n) is 3.37. The molecular weight excluding hydrogens is 263 g/mol. The Bertz CT molecular complexity index is 775. The molecule has 2 heterocycles. The molecule has 7 heteroatoms. The fourth-order valence-corrected chi connectivity index (χ4v) is 2.23. The van der Waals surface area contributed by atoms with Crippen molar-refractivity contribution in [1.82, 2.24) is 18.7 Å². The Labute approximate surface area is 116 Å². The van der Waals surface area contributed by atoms with Crippen LogP contribution in [0.3, 0.4) is 0 Å². The maximum absolute atomic E-state index is 12.7. The Hall–Kier alpha value is -1.92. The normalized spacial score (nSPS) is 13.7. The molecule has 0 aliphatic heterocycles. The van der Waals surface area contributed by atoms with Gasteiger partial charge in [0, 0.05) is 20.6 Å². The summed E-state index contributed by atoms with van der Waals surface area (Å²) < 4.78 is 24.2. The Kier molecular flexibility index (Phi) is 3.66. The van der Waals surface area contributed by atoms with Gasteiger partial charge in [0.1, 0.15) is 1.37 Å². The standard InChI is InChI=1S/C13H19FN4O2/c1-9(14)6-4-5-7-18-12(19)10-11(15-8-16(10)2)17(3)13(18)20/h8-9H,4-7H2,1-3H3/t9-/m1/s1/i8D. The van der Waals surface area contributed by atoms with Crippen molar-refractivity contribution in [1.29, 1.82) is 0 Å². The number of nitrogens with zero attached hydrogens (tertiary/aromatic N) is 4. The van der Waals surface area contributed by atoms with E-state index in [2.05, 4.69) is 4.98 Å². The van der Waals surface area contributed by atoms with Crippen molar-refractivity contribution < 1.29 is 5.76 Å². The monoisotopic (exact) mass is 283 g/mol. The second kappa shape index (κ2) is 5.60. The molecule has 0 saturated carbocycles. The van der Waals surface area contributed by atoms with Gasteiger partial charge < -0.3 is 4.57 Å². The predicted molar refractivity (Wildman–Crippen MR) is 74.6 cm³/mol. The lowest BCUT2D eigenvalue weighted by atomic mass is 10.2. The van der Waals surface area contributed by atoms with Gasteiger partial charge in [-0.2, -0.15) is 0 Å². The van der Waals surface area contributed by atoms with Gasteiger partial charge in [-0.15, -0.1) is 0 Å². The van der Waals surface area contributed by atoms with E-state index in [1.165, 1.54) is 23.1 Å². The van der Waals surface area contributed by atoms with Crippen molar-refractivity contribution in [2.75, 3.05) is 0 Å². The van der Waals surface area contributed by atoms with Crippen molar-refractivity contribution in [2.24, 2.45) is 14.1 Å². The van der Waals surface area contributed by atoms with Crippen molar-refractivity contribution in [2.45, 2.75) is 38.9 Å². The smallest absolute Gasteiger partial charge is 0.328 e. The number of rotatable bonds is 5. The van der Waals surface area contributed by atoms with E-state index in [9.17, 15) is 14.0 Å². The molecule has 1 atom stereocenters. The number of fused-ring (bicyclic) bond motifs is 1. The van der Waals surface area contributed by atoms with E-state index in [-0.39, 0.29) is 24.0 Å². The quantitative estimate of drug-likeness (QED) is 0.768. The lowest BCUT2D eigenvalue weighted by Gasteiger charge is -2.08. The van der Waals surface area contributed by atoms with Crippen LogP contribution in [0.25, 0.3) is 11.2 Å². The van der Waals surface area contributed by atoms with Crippen LogP contribution in [0.5, 0.6) is 0 Å². The van der Waals surface area contributed by atoms with Crippen molar-refractivity contribution in [3.05, 3.63) is 27.1 Å². The minimum atomic E-state index is -0.880. The molecule has 0 N–H and O–H groups in total. The topological polar surface area (TPSA) is 61.8 Å². The maximum Gasteiger partial charge on any atom is 0.332 e.